The third-order valence-corrected chi connectivity index (χ3v) is 4.77. The number of aromatic amines is 1. The molecule has 3 aromatic rings. The van der Waals surface area contributed by atoms with Gasteiger partial charge in [-0.3, -0.25) is 14.2 Å². The molecule has 0 aliphatic heterocycles. The summed E-state index contributed by atoms with van der Waals surface area (Å²) < 4.78 is 6.68. The van der Waals surface area contributed by atoms with Crippen LogP contribution in [-0.4, -0.2) is 29.1 Å². The lowest BCUT2D eigenvalue weighted by molar-refractivity contribution is -0.123. The highest BCUT2D eigenvalue weighted by Crippen LogP contribution is 2.12. The number of para-hydroxylation sites is 1. The Morgan fingerprint density at radius 2 is 1.93 bits per heavy atom. The first-order valence-electron chi connectivity index (χ1n) is 8.65. The Morgan fingerprint density at radius 3 is 2.63 bits per heavy atom. The molecule has 140 valence electrons. The van der Waals surface area contributed by atoms with Gasteiger partial charge in [0.15, 0.2) is 4.77 Å². The van der Waals surface area contributed by atoms with Crippen LogP contribution in [0.25, 0.3) is 10.9 Å². The fourth-order valence-electron chi connectivity index (χ4n) is 2.92. The maximum absolute atomic E-state index is 12.7. The Morgan fingerprint density at radius 1 is 1.22 bits per heavy atom. The third-order valence-electron chi connectivity index (χ3n) is 4.48. The summed E-state index contributed by atoms with van der Waals surface area (Å²) in [7, 11) is 1.62. The van der Waals surface area contributed by atoms with Gasteiger partial charge in [0.25, 0.3) is 5.56 Å². The molecule has 2 aromatic carbocycles. The van der Waals surface area contributed by atoms with Crippen LogP contribution >= 0.6 is 12.2 Å². The van der Waals surface area contributed by atoms with Gasteiger partial charge < -0.3 is 15.0 Å². The molecule has 0 bridgehead atoms. The molecular formula is C20H21N3O3S. The molecule has 0 spiro atoms. The lowest BCUT2D eigenvalue weighted by Crippen LogP contribution is -2.37. The number of amides is 1. The van der Waals surface area contributed by atoms with Crippen LogP contribution in [0.2, 0.25) is 0 Å². The number of aromatic nitrogens is 2. The van der Waals surface area contributed by atoms with Gasteiger partial charge in [0.2, 0.25) is 5.91 Å². The third kappa shape index (κ3) is 4.09. The Labute approximate surface area is 161 Å². The van der Waals surface area contributed by atoms with E-state index < -0.39 is 6.04 Å². The summed E-state index contributed by atoms with van der Waals surface area (Å²) in [6.45, 7) is 2.14. The van der Waals surface area contributed by atoms with Crippen molar-refractivity contribution >= 4 is 29.0 Å². The minimum absolute atomic E-state index is 0.233. The standard InChI is InChI=1S/C20H21N3O3S/c1-13(18(24)21-12-11-14-7-9-15(26-2)10-8-14)23-19(25)16-5-3-4-6-17(16)22-20(23)27/h3-10,13H,11-12H2,1-2H3,(H,21,24)(H,22,27)/t13-/m1/s1. The lowest BCUT2D eigenvalue weighted by atomic mass is 10.1. The van der Waals surface area contributed by atoms with Crippen molar-refractivity contribution in [1.29, 1.82) is 0 Å². The normalized spacial score (nSPS) is 11.9. The molecule has 1 aromatic heterocycles. The van der Waals surface area contributed by atoms with E-state index in [9.17, 15) is 9.59 Å². The van der Waals surface area contributed by atoms with Gasteiger partial charge in [-0.25, -0.2) is 0 Å². The zero-order valence-corrected chi connectivity index (χ0v) is 16.0. The number of hydrogen-bond donors (Lipinski definition) is 2. The summed E-state index contributed by atoms with van der Waals surface area (Å²) in [6, 6.07) is 14.1. The molecular weight excluding hydrogens is 362 g/mol. The van der Waals surface area contributed by atoms with Crippen molar-refractivity contribution in [2.75, 3.05) is 13.7 Å². The fraction of sp³-hybridized carbons (Fsp3) is 0.250. The van der Waals surface area contributed by atoms with Gasteiger partial charge in [-0.05, 0) is 55.4 Å². The van der Waals surface area contributed by atoms with Crippen molar-refractivity contribution in [2.24, 2.45) is 0 Å². The maximum Gasteiger partial charge on any atom is 0.262 e. The number of nitrogens with one attached hydrogen (secondary N) is 2. The van der Waals surface area contributed by atoms with Crippen LogP contribution in [0.5, 0.6) is 5.75 Å². The number of ether oxygens (including phenoxy) is 1. The van der Waals surface area contributed by atoms with Gasteiger partial charge in [-0.2, -0.15) is 0 Å². The van der Waals surface area contributed by atoms with Crippen LogP contribution in [0.1, 0.15) is 18.5 Å². The Kier molecular flexibility index (Phi) is 5.71. The van der Waals surface area contributed by atoms with E-state index in [-0.39, 0.29) is 16.2 Å². The molecule has 2 N–H and O–H groups in total. The predicted octanol–water partition coefficient (Wildman–Crippen LogP) is 2.99. The van der Waals surface area contributed by atoms with E-state index in [1.165, 1.54) is 4.57 Å². The minimum Gasteiger partial charge on any atom is -0.497 e. The second-order valence-electron chi connectivity index (χ2n) is 6.22. The average molecular weight is 383 g/mol. The van der Waals surface area contributed by atoms with E-state index in [1.54, 1.807) is 32.2 Å². The number of benzene rings is 2. The smallest absolute Gasteiger partial charge is 0.262 e. The molecule has 0 unspecified atom stereocenters. The summed E-state index contributed by atoms with van der Waals surface area (Å²) in [6.07, 6.45) is 0.682. The van der Waals surface area contributed by atoms with E-state index in [4.69, 9.17) is 17.0 Å². The molecule has 1 atom stereocenters. The number of hydrogen-bond acceptors (Lipinski definition) is 4. The van der Waals surface area contributed by atoms with Crippen molar-refractivity contribution in [2.45, 2.75) is 19.4 Å². The summed E-state index contributed by atoms with van der Waals surface area (Å²) in [4.78, 5) is 28.3. The molecule has 0 aliphatic rings. The summed E-state index contributed by atoms with van der Waals surface area (Å²) >= 11 is 5.29. The molecule has 0 radical (unpaired) electrons. The van der Waals surface area contributed by atoms with Crippen LogP contribution < -0.4 is 15.6 Å². The van der Waals surface area contributed by atoms with Gasteiger partial charge in [-0.1, -0.05) is 24.3 Å². The van der Waals surface area contributed by atoms with Gasteiger partial charge in [0, 0.05) is 6.54 Å². The van der Waals surface area contributed by atoms with Crippen LogP contribution in [0.4, 0.5) is 0 Å². The molecule has 1 amide bonds. The molecule has 7 heteroatoms. The zero-order valence-electron chi connectivity index (χ0n) is 15.2. The molecule has 0 aliphatic carbocycles. The number of carbonyl (C=O) groups is 1. The van der Waals surface area contributed by atoms with Gasteiger partial charge >= 0.3 is 0 Å². The maximum atomic E-state index is 12.7. The number of carbonyl (C=O) groups excluding carboxylic acids is 1. The molecule has 3 rings (SSSR count). The van der Waals surface area contributed by atoms with Gasteiger partial charge in [0.05, 0.1) is 18.0 Å². The van der Waals surface area contributed by atoms with Crippen LogP contribution in [0.15, 0.2) is 53.3 Å². The number of H-pyrrole nitrogens is 1. The van der Waals surface area contributed by atoms with E-state index >= 15 is 0 Å². The predicted molar refractivity (Wildman–Crippen MR) is 108 cm³/mol. The van der Waals surface area contributed by atoms with Crippen molar-refractivity contribution in [3.63, 3.8) is 0 Å². The van der Waals surface area contributed by atoms with Gasteiger partial charge in [0.1, 0.15) is 11.8 Å². The second kappa shape index (κ2) is 8.18. The summed E-state index contributed by atoms with van der Waals surface area (Å²) in [5.41, 5.74) is 1.48. The monoisotopic (exact) mass is 383 g/mol. The molecule has 27 heavy (non-hydrogen) atoms. The Hall–Kier alpha value is -2.93. The first kappa shape index (κ1) is 18.8. The second-order valence-corrected chi connectivity index (χ2v) is 6.60. The summed E-state index contributed by atoms with van der Waals surface area (Å²) in [5, 5.41) is 3.37. The first-order chi connectivity index (χ1) is 13.0. The van der Waals surface area contributed by atoms with Crippen molar-refractivity contribution in [1.82, 2.24) is 14.9 Å². The molecule has 0 saturated heterocycles. The lowest BCUT2D eigenvalue weighted by Gasteiger charge is -2.16. The molecule has 0 saturated carbocycles. The molecule has 6 nitrogen and oxygen atoms in total. The number of rotatable bonds is 6. The van der Waals surface area contributed by atoms with E-state index in [1.807, 2.05) is 30.3 Å². The SMILES string of the molecule is COc1ccc(CCNC(=O)[C@@H](C)n2c(=S)[nH]c3ccccc3c2=O)cc1. The van der Waals surface area contributed by atoms with Crippen molar-refractivity contribution in [3.05, 3.63) is 69.2 Å². The van der Waals surface area contributed by atoms with Crippen molar-refractivity contribution < 1.29 is 9.53 Å². The average Bonchev–Trinajstić information content (AvgIpc) is 2.68. The number of fused-ring (bicyclic) bond motifs is 1. The van der Waals surface area contributed by atoms with Crippen LogP contribution in [0.3, 0.4) is 0 Å². The van der Waals surface area contributed by atoms with Crippen LogP contribution in [0, 0.1) is 4.77 Å². The summed E-state index contributed by atoms with van der Waals surface area (Å²) in [5.74, 6) is 0.543. The van der Waals surface area contributed by atoms with Crippen LogP contribution in [-0.2, 0) is 11.2 Å². The minimum atomic E-state index is -0.707. The number of methoxy groups -OCH3 is 1. The first-order valence-corrected chi connectivity index (χ1v) is 9.06. The van der Waals surface area contributed by atoms with E-state index in [0.717, 1.165) is 11.3 Å². The largest absolute Gasteiger partial charge is 0.497 e. The highest BCUT2D eigenvalue weighted by molar-refractivity contribution is 7.71. The van der Waals surface area contributed by atoms with Crippen molar-refractivity contribution in [3.8, 4) is 5.75 Å². The topological polar surface area (TPSA) is 76.1 Å². The highest BCUT2D eigenvalue weighted by Gasteiger charge is 2.18. The fourth-order valence-corrected chi connectivity index (χ4v) is 3.27. The Bertz CT molecular complexity index is 1070. The quantitative estimate of drug-likeness (QED) is 0.642. The Balaban J connectivity index is 1.71. The molecule has 0 fully saturated rings. The number of nitrogens with zero attached hydrogens (tertiary/aromatic N) is 1. The molecule has 1 heterocycles. The zero-order chi connectivity index (χ0) is 19.4. The van der Waals surface area contributed by atoms with Gasteiger partial charge in [-0.15, -0.1) is 0 Å². The van der Waals surface area contributed by atoms with E-state index in [2.05, 4.69) is 10.3 Å². The highest BCUT2D eigenvalue weighted by atomic mass is 32.1. The van der Waals surface area contributed by atoms with E-state index in [0.29, 0.717) is 23.9 Å².